The average molecular weight is 320 g/mol. The molecule has 0 spiro atoms. The molecule has 0 aliphatic heterocycles. The first kappa shape index (κ1) is 15.6. The number of carbonyl (C=O) groups is 1. The zero-order valence-corrected chi connectivity index (χ0v) is 11.7. The minimum absolute atomic E-state index is 0.0851. The molecule has 1 heterocycles. The number of hydrogen-bond acceptors (Lipinski definition) is 2. The quantitative estimate of drug-likeness (QED) is 0.861. The number of rotatable bonds is 5. The predicted octanol–water partition coefficient (Wildman–Crippen LogP) is 2.71. The van der Waals surface area contributed by atoms with Crippen LogP contribution in [0.1, 0.15) is 17.8 Å². The molecule has 1 aromatic carbocycles. The van der Waals surface area contributed by atoms with Crippen LogP contribution in [0.2, 0.25) is 0 Å². The van der Waals surface area contributed by atoms with Gasteiger partial charge in [-0.05, 0) is 18.2 Å². The summed E-state index contributed by atoms with van der Waals surface area (Å²) in [4.78, 5) is 15.1. The van der Waals surface area contributed by atoms with E-state index in [-0.39, 0.29) is 24.4 Å². The molecule has 2 rings (SSSR count). The van der Waals surface area contributed by atoms with Gasteiger partial charge in [0, 0.05) is 25.3 Å². The molecule has 4 nitrogen and oxygen atoms in total. The minimum Gasteiger partial charge on any atom is -0.370 e. The Morgan fingerprint density at radius 1 is 1.38 bits per heavy atom. The Balaban J connectivity index is 2.49. The number of aryl methyl sites for hydroxylation is 2. The second kappa shape index (κ2) is 5.93. The standard InChI is InChI=1S/C13H13ClF3N3O/c14-5-3-12-19-9-7-8(13(15,16)17)1-2-10(9)20(12)6-4-11(18)21/h1-2,7H,3-6H2,(H2,18,21). The Labute approximate surface area is 123 Å². The molecule has 0 aliphatic rings. The van der Waals surface area contributed by atoms with Gasteiger partial charge in [-0.25, -0.2) is 4.98 Å². The number of nitrogens with two attached hydrogens (primary N) is 1. The van der Waals surface area contributed by atoms with Gasteiger partial charge in [-0.1, -0.05) is 0 Å². The molecule has 0 bridgehead atoms. The van der Waals surface area contributed by atoms with Gasteiger partial charge in [-0.15, -0.1) is 11.6 Å². The Hall–Kier alpha value is -1.76. The van der Waals surface area contributed by atoms with E-state index in [1.165, 1.54) is 6.07 Å². The van der Waals surface area contributed by atoms with E-state index in [9.17, 15) is 18.0 Å². The number of carbonyl (C=O) groups excluding carboxylic acids is 1. The van der Waals surface area contributed by atoms with Crippen LogP contribution in [-0.4, -0.2) is 21.3 Å². The van der Waals surface area contributed by atoms with E-state index in [2.05, 4.69) is 4.98 Å². The molecule has 2 N–H and O–H groups in total. The van der Waals surface area contributed by atoms with Crippen LogP contribution in [0, 0.1) is 0 Å². The van der Waals surface area contributed by atoms with Gasteiger partial charge in [0.25, 0.3) is 0 Å². The molecule has 1 aromatic heterocycles. The third kappa shape index (κ3) is 3.47. The van der Waals surface area contributed by atoms with Crippen molar-refractivity contribution in [1.29, 1.82) is 0 Å². The van der Waals surface area contributed by atoms with Gasteiger partial charge in [0.05, 0.1) is 16.6 Å². The second-order valence-corrected chi connectivity index (χ2v) is 4.91. The number of fused-ring (bicyclic) bond motifs is 1. The van der Waals surface area contributed by atoms with Crippen molar-refractivity contribution in [3.63, 3.8) is 0 Å². The van der Waals surface area contributed by atoms with Gasteiger partial charge in [-0.2, -0.15) is 13.2 Å². The topological polar surface area (TPSA) is 60.9 Å². The highest BCUT2D eigenvalue weighted by molar-refractivity contribution is 6.17. The number of nitrogens with zero attached hydrogens (tertiary/aromatic N) is 2. The Bertz CT molecular complexity index is 666. The van der Waals surface area contributed by atoms with Crippen molar-refractivity contribution in [2.45, 2.75) is 25.6 Å². The first-order valence-electron chi connectivity index (χ1n) is 6.23. The molecule has 114 valence electrons. The summed E-state index contributed by atoms with van der Waals surface area (Å²) in [7, 11) is 0. The fraction of sp³-hybridized carbons (Fsp3) is 0.385. The van der Waals surface area contributed by atoms with E-state index < -0.39 is 17.6 Å². The summed E-state index contributed by atoms with van der Waals surface area (Å²) in [5.74, 6) is 0.340. The lowest BCUT2D eigenvalue weighted by atomic mass is 10.2. The molecule has 8 heteroatoms. The van der Waals surface area contributed by atoms with Crippen molar-refractivity contribution in [2.75, 3.05) is 5.88 Å². The second-order valence-electron chi connectivity index (χ2n) is 4.54. The Morgan fingerprint density at radius 2 is 2.10 bits per heavy atom. The van der Waals surface area contributed by atoms with Crippen molar-refractivity contribution in [1.82, 2.24) is 9.55 Å². The summed E-state index contributed by atoms with van der Waals surface area (Å²) in [6, 6.07) is 3.34. The lowest BCUT2D eigenvalue weighted by Gasteiger charge is -2.08. The fourth-order valence-corrected chi connectivity index (χ4v) is 2.27. The van der Waals surface area contributed by atoms with Crippen molar-refractivity contribution in [2.24, 2.45) is 5.73 Å². The Morgan fingerprint density at radius 3 is 2.67 bits per heavy atom. The molecular formula is C13H13ClF3N3O. The molecule has 21 heavy (non-hydrogen) atoms. The average Bonchev–Trinajstić information content (AvgIpc) is 2.72. The van der Waals surface area contributed by atoms with Crippen LogP contribution < -0.4 is 5.73 Å². The van der Waals surface area contributed by atoms with Gasteiger partial charge in [0.1, 0.15) is 5.82 Å². The molecule has 0 aliphatic carbocycles. The Kier molecular flexibility index (Phi) is 4.41. The third-order valence-corrected chi connectivity index (χ3v) is 3.24. The summed E-state index contributed by atoms with van der Waals surface area (Å²) >= 11 is 5.68. The highest BCUT2D eigenvalue weighted by atomic mass is 35.5. The summed E-state index contributed by atoms with van der Waals surface area (Å²) < 4.78 is 39.8. The molecule has 2 aromatic rings. The zero-order valence-electron chi connectivity index (χ0n) is 11.0. The van der Waals surface area contributed by atoms with Gasteiger partial charge in [0.2, 0.25) is 5.91 Å². The minimum atomic E-state index is -4.42. The van der Waals surface area contributed by atoms with E-state index in [0.717, 1.165) is 12.1 Å². The highest BCUT2D eigenvalue weighted by Gasteiger charge is 2.31. The number of benzene rings is 1. The maximum absolute atomic E-state index is 12.7. The van der Waals surface area contributed by atoms with Crippen LogP contribution in [0.5, 0.6) is 0 Å². The van der Waals surface area contributed by atoms with E-state index in [4.69, 9.17) is 17.3 Å². The van der Waals surface area contributed by atoms with Gasteiger partial charge < -0.3 is 10.3 Å². The maximum atomic E-state index is 12.7. The van der Waals surface area contributed by atoms with Gasteiger partial charge >= 0.3 is 6.18 Å². The van der Waals surface area contributed by atoms with E-state index in [1.807, 2.05) is 0 Å². The maximum Gasteiger partial charge on any atom is 0.416 e. The molecule has 0 unspecified atom stereocenters. The molecule has 0 saturated carbocycles. The van der Waals surface area contributed by atoms with E-state index >= 15 is 0 Å². The number of primary amides is 1. The largest absolute Gasteiger partial charge is 0.416 e. The lowest BCUT2D eigenvalue weighted by Crippen LogP contribution is -2.15. The molecule has 0 atom stereocenters. The first-order chi connectivity index (χ1) is 9.82. The first-order valence-corrected chi connectivity index (χ1v) is 6.77. The van der Waals surface area contributed by atoms with Gasteiger partial charge in [0.15, 0.2) is 0 Å². The van der Waals surface area contributed by atoms with Crippen LogP contribution in [0.25, 0.3) is 11.0 Å². The van der Waals surface area contributed by atoms with Crippen LogP contribution in [0.15, 0.2) is 18.2 Å². The lowest BCUT2D eigenvalue weighted by molar-refractivity contribution is -0.137. The van der Waals surface area contributed by atoms with Crippen LogP contribution >= 0.6 is 11.6 Å². The number of aromatic nitrogens is 2. The highest BCUT2D eigenvalue weighted by Crippen LogP contribution is 2.31. The number of amides is 1. The van der Waals surface area contributed by atoms with Crippen LogP contribution in [0.3, 0.4) is 0 Å². The smallest absolute Gasteiger partial charge is 0.370 e. The molecular weight excluding hydrogens is 307 g/mol. The number of hydrogen-bond donors (Lipinski definition) is 1. The van der Waals surface area contributed by atoms with E-state index in [0.29, 0.717) is 17.8 Å². The predicted molar refractivity (Wildman–Crippen MR) is 73.0 cm³/mol. The summed E-state index contributed by atoms with van der Waals surface area (Å²) in [6.07, 6.45) is -3.93. The number of alkyl halides is 4. The number of imidazole rings is 1. The van der Waals surface area contributed by atoms with Crippen molar-refractivity contribution in [3.05, 3.63) is 29.6 Å². The third-order valence-electron chi connectivity index (χ3n) is 3.05. The molecule has 1 amide bonds. The number of halogens is 4. The normalized spacial score (nSPS) is 12.0. The van der Waals surface area contributed by atoms with Crippen molar-refractivity contribution < 1.29 is 18.0 Å². The van der Waals surface area contributed by atoms with Gasteiger partial charge in [-0.3, -0.25) is 4.79 Å². The van der Waals surface area contributed by atoms with Crippen LogP contribution in [0.4, 0.5) is 13.2 Å². The SMILES string of the molecule is NC(=O)CCn1c(CCCl)nc2cc(C(F)(F)F)ccc21. The van der Waals surface area contributed by atoms with Crippen LogP contribution in [-0.2, 0) is 23.9 Å². The fourth-order valence-electron chi connectivity index (χ4n) is 2.10. The van der Waals surface area contributed by atoms with Crippen molar-refractivity contribution >= 4 is 28.5 Å². The summed E-state index contributed by atoms with van der Waals surface area (Å²) in [5, 5.41) is 0. The summed E-state index contributed by atoms with van der Waals surface area (Å²) in [6.45, 7) is 0.267. The molecule has 0 radical (unpaired) electrons. The molecule has 0 saturated heterocycles. The van der Waals surface area contributed by atoms with Crippen molar-refractivity contribution in [3.8, 4) is 0 Å². The van der Waals surface area contributed by atoms with E-state index in [1.54, 1.807) is 4.57 Å². The summed E-state index contributed by atoms with van der Waals surface area (Å²) in [5.41, 5.74) is 5.12. The molecule has 0 fully saturated rings. The zero-order chi connectivity index (χ0) is 15.6. The monoisotopic (exact) mass is 319 g/mol.